The molecule has 0 aliphatic heterocycles. The number of thiocarbonyl (C=S) groups is 1. The van der Waals surface area contributed by atoms with E-state index in [2.05, 4.69) is 24.2 Å². The Kier molecular flexibility index (Phi) is 4.37. The molecule has 1 saturated carbocycles. The summed E-state index contributed by atoms with van der Waals surface area (Å²) < 4.78 is 13.7. The van der Waals surface area contributed by atoms with Crippen LogP contribution < -0.4 is 11.1 Å². The van der Waals surface area contributed by atoms with Crippen molar-refractivity contribution in [1.82, 2.24) is 4.90 Å². The van der Waals surface area contributed by atoms with Gasteiger partial charge in [0.05, 0.1) is 5.56 Å². The molecule has 0 aromatic heterocycles. The number of benzene rings is 1. The smallest absolute Gasteiger partial charge is 0.135 e. The van der Waals surface area contributed by atoms with Gasteiger partial charge < -0.3 is 11.1 Å². The minimum atomic E-state index is -0.374. The molecular formula is C14H20FN3S. The molecule has 0 amide bonds. The highest BCUT2D eigenvalue weighted by Gasteiger charge is 2.29. The minimum absolute atomic E-state index is 0.0869. The molecule has 1 aliphatic carbocycles. The van der Waals surface area contributed by atoms with Crippen molar-refractivity contribution < 1.29 is 4.39 Å². The SMILES string of the molecule is CC(CNc1cccc(F)c1C(N)=S)N(C)C1CC1. The Morgan fingerprint density at radius 3 is 2.84 bits per heavy atom. The van der Waals surface area contributed by atoms with Crippen LogP contribution in [0.25, 0.3) is 0 Å². The molecule has 1 aliphatic rings. The molecular weight excluding hydrogens is 261 g/mol. The normalized spacial score (nSPS) is 16.4. The molecule has 104 valence electrons. The van der Waals surface area contributed by atoms with Gasteiger partial charge in [0, 0.05) is 24.3 Å². The minimum Gasteiger partial charge on any atom is -0.389 e. The number of halogens is 1. The highest BCUT2D eigenvalue weighted by atomic mass is 32.1. The molecule has 0 radical (unpaired) electrons. The van der Waals surface area contributed by atoms with Gasteiger partial charge in [0.1, 0.15) is 10.8 Å². The summed E-state index contributed by atoms with van der Waals surface area (Å²) in [5.74, 6) is -0.374. The maximum absolute atomic E-state index is 13.7. The summed E-state index contributed by atoms with van der Waals surface area (Å²) in [6.45, 7) is 2.90. The van der Waals surface area contributed by atoms with Gasteiger partial charge in [-0.1, -0.05) is 18.3 Å². The Morgan fingerprint density at radius 1 is 1.58 bits per heavy atom. The lowest BCUT2D eigenvalue weighted by Gasteiger charge is -2.25. The van der Waals surface area contributed by atoms with Gasteiger partial charge >= 0.3 is 0 Å². The topological polar surface area (TPSA) is 41.3 Å². The highest BCUT2D eigenvalue weighted by Crippen LogP contribution is 2.27. The van der Waals surface area contributed by atoms with Crippen LogP contribution in [0.3, 0.4) is 0 Å². The average Bonchev–Trinajstić information content (AvgIpc) is 3.18. The van der Waals surface area contributed by atoms with Crippen LogP contribution in [0.2, 0.25) is 0 Å². The lowest BCUT2D eigenvalue weighted by Crippen LogP contribution is -2.36. The molecule has 19 heavy (non-hydrogen) atoms. The van der Waals surface area contributed by atoms with Gasteiger partial charge in [-0.05, 0) is 38.9 Å². The van der Waals surface area contributed by atoms with Gasteiger partial charge in [0.25, 0.3) is 0 Å². The van der Waals surface area contributed by atoms with Crippen molar-refractivity contribution in [3.63, 3.8) is 0 Å². The molecule has 3 nitrogen and oxygen atoms in total. The maximum Gasteiger partial charge on any atom is 0.135 e. The second-order valence-electron chi connectivity index (χ2n) is 5.15. The van der Waals surface area contributed by atoms with Gasteiger partial charge in [-0.25, -0.2) is 4.39 Å². The molecule has 0 bridgehead atoms. The molecule has 1 fully saturated rings. The van der Waals surface area contributed by atoms with E-state index in [0.717, 1.165) is 6.54 Å². The predicted octanol–water partition coefficient (Wildman–Crippen LogP) is 2.35. The molecule has 5 heteroatoms. The number of likely N-dealkylation sites (N-methyl/N-ethyl adjacent to an activating group) is 1. The van der Waals surface area contributed by atoms with Crippen molar-refractivity contribution in [3.05, 3.63) is 29.6 Å². The Balaban J connectivity index is 2.02. The largest absolute Gasteiger partial charge is 0.389 e. The van der Waals surface area contributed by atoms with Crippen molar-refractivity contribution in [3.8, 4) is 0 Å². The number of hydrogen-bond donors (Lipinski definition) is 2. The fraction of sp³-hybridized carbons (Fsp3) is 0.500. The van der Waals surface area contributed by atoms with Crippen LogP contribution in [0.4, 0.5) is 10.1 Å². The first-order valence-corrected chi connectivity index (χ1v) is 6.95. The van der Waals surface area contributed by atoms with Crippen LogP contribution in [0, 0.1) is 5.82 Å². The quantitative estimate of drug-likeness (QED) is 0.786. The lowest BCUT2D eigenvalue weighted by molar-refractivity contribution is 0.257. The monoisotopic (exact) mass is 281 g/mol. The number of nitrogens with one attached hydrogen (secondary N) is 1. The first kappa shape index (κ1) is 14.2. The first-order valence-electron chi connectivity index (χ1n) is 6.55. The predicted molar refractivity (Wildman–Crippen MR) is 81.0 cm³/mol. The molecule has 0 saturated heterocycles. The Labute approximate surface area is 119 Å². The van der Waals surface area contributed by atoms with Crippen molar-refractivity contribution in [2.75, 3.05) is 18.9 Å². The Morgan fingerprint density at radius 2 is 2.26 bits per heavy atom. The van der Waals surface area contributed by atoms with Crippen LogP contribution in [-0.4, -0.2) is 35.6 Å². The zero-order valence-corrected chi connectivity index (χ0v) is 12.1. The van der Waals surface area contributed by atoms with Crippen LogP contribution in [0.15, 0.2) is 18.2 Å². The second kappa shape index (κ2) is 5.84. The molecule has 3 N–H and O–H groups in total. The third-order valence-corrected chi connectivity index (χ3v) is 3.87. The number of nitrogens with zero attached hydrogens (tertiary/aromatic N) is 1. The molecule has 2 rings (SSSR count). The van der Waals surface area contributed by atoms with Gasteiger partial charge in [-0.2, -0.15) is 0 Å². The molecule has 1 unspecified atom stereocenters. The van der Waals surface area contributed by atoms with Gasteiger partial charge in [-0.3, -0.25) is 4.90 Å². The maximum atomic E-state index is 13.7. The number of anilines is 1. The fourth-order valence-electron chi connectivity index (χ4n) is 2.17. The molecule has 0 spiro atoms. The third-order valence-electron chi connectivity index (χ3n) is 3.67. The van der Waals surface area contributed by atoms with E-state index in [1.807, 2.05) is 0 Å². The standard InChI is InChI=1S/C14H20FN3S/c1-9(18(2)10-6-7-10)8-17-12-5-3-4-11(15)13(12)14(16)19/h3-5,9-10,17H,6-8H2,1-2H3,(H2,16,19). The zero-order valence-electron chi connectivity index (χ0n) is 11.3. The van der Waals surface area contributed by atoms with E-state index in [4.69, 9.17) is 18.0 Å². The molecule has 1 aromatic rings. The van der Waals surface area contributed by atoms with E-state index in [1.165, 1.54) is 18.9 Å². The Hall–Kier alpha value is -1.20. The molecule has 1 atom stereocenters. The summed E-state index contributed by atoms with van der Waals surface area (Å²) in [7, 11) is 2.13. The van der Waals surface area contributed by atoms with Crippen LogP contribution in [0.5, 0.6) is 0 Å². The van der Waals surface area contributed by atoms with Crippen LogP contribution in [-0.2, 0) is 0 Å². The molecule has 1 aromatic carbocycles. The highest BCUT2D eigenvalue weighted by molar-refractivity contribution is 7.80. The van der Waals surface area contributed by atoms with Crippen LogP contribution in [0.1, 0.15) is 25.3 Å². The van der Waals surface area contributed by atoms with Gasteiger partial charge in [-0.15, -0.1) is 0 Å². The van der Waals surface area contributed by atoms with E-state index in [0.29, 0.717) is 23.3 Å². The second-order valence-corrected chi connectivity index (χ2v) is 5.59. The van der Waals surface area contributed by atoms with Crippen molar-refractivity contribution in [2.24, 2.45) is 5.73 Å². The Bertz CT molecular complexity index is 474. The van der Waals surface area contributed by atoms with E-state index in [-0.39, 0.29) is 10.8 Å². The number of nitrogens with two attached hydrogens (primary N) is 1. The number of hydrogen-bond acceptors (Lipinski definition) is 3. The summed E-state index contributed by atoms with van der Waals surface area (Å²) in [4.78, 5) is 2.44. The van der Waals surface area contributed by atoms with E-state index in [1.54, 1.807) is 12.1 Å². The summed E-state index contributed by atoms with van der Waals surface area (Å²) in [6.07, 6.45) is 2.55. The van der Waals surface area contributed by atoms with Crippen molar-refractivity contribution >= 4 is 22.9 Å². The number of rotatable bonds is 6. The zero-order chi connectivity index (χ0) is 14.0. The first-order chi connectivity index (χ1) is 9.00. The summed E-state index contributed by atoms with van der Waals surface area (Å²) in [5, 5.41) is 3.25. The fourth-order valence-corrected chi connectivity index (χ4v) is 2.37. The summed E-state index contributed by atoms with van der Waals surface area (Å²) >= 11 is 4.91. The van der Waals surface area contributed by atoms with Gasteiger partial charge in [0.15, 0.2) is 0 Å². The van der Waals surface area contributed by atoms with Gasteiger partial charge in [0.2, 0.25) is 0 Å². The van der Waals surface area contributed by atoms with Crippen LogP contribution >= 0.6 is 12.2 Å². The third kappa shape index (κ3) is 3.42. The van der Waals surface area contributed by atoms with E-state index in [9.17, 15) is 4.39 Å². The van der Waals surface area contributed by atoms with E-state index < -0.39 is 0 Å². The summed E-state index contributed by atoms with van der Waals surface area (Å²) in [6, 6.07) is 5.93. The van der Waals surface area contributed by atoms with Crippen molar-refractivity contribution in [2.45, 2.75) is 31.8 Å². The lowest BCUT2D eigenvalue weighted by atomic mass is 10.1. The summed E-state index contributed by atoms with van der Waals surface area (Å²) in [5.41, 5.74) is 6.56. The van der Waals surface area contributed by atoms with Crippen molar-refractivity contribution in [1.29, 1.82) is 0 Å². The molecule has 0 heterocycles. The average molecular weight is 281 g/mol. The van der Waals surface area contributed by atoms with E-state index >= 15 is 0 Å².